The highest BCUT2D eigenvalue weighted by molar-refractivity contribution is 5.73. The quantitative estimate of drug-likeness (QED) is 0.756. The van der Waals surface area contributed by atoms with Crippen LogP contribution in [0.15, 0.2) is 48.5 Å². The van der Waals surface area contributed by atoms with Gasteiger partial charge in [-0.2, -0.15) is 0 Å². The molecular formula is C20H26N2O2. The fourth-order valence-electron chi connectivity index (χ4n) is 2.46. The van der Waals surface area contributed by atoms with Crippen molar-refractivity contribution in [1.29, 1.82) is 0 Å². The SMILES string of the molecule is Cc1ccccc1CNC(=O)NCCOc1ccccc1C(C)C. The van der Waals surface area contributed by atoms with Gasteiger partial charge in [0.05, 0.1) is 6.54 Å². The van der Waals surface area contributed by atoms with Crippen molar-refractivity contribution in [2.75, 3.05) is 13.2 Å². The van der Waals surface area contributed by atoms with Gasteiger partial charge in [-0.25, -0.2) is 4.79 Å². The highest BCUT2D eigenvalue weighted by Crippen LogP contribution is 2.25. The number of benzene rings is 2. The molecule has 0 unspecified atom stereocenters. The molecule has 0 heterocycles. The molecule has 0 saturated carbocycles. The van der Waals surface area contributed by atoms with E-state index in [0.717, 1.165) is 11.3 Å². The summed E-state index contributed by atoms with van der Waals surface area (Å²) in [4.78, 5) is 11.8. The zero-order valence-electron chi connectivity index (χ0n) is 14.6. The molecule has 0 aliphatic heterocycles. The topological polar surface area (TPSA) is 50.4 Å². The molecule has 0 aliphatic carbocycles. The van der Waals surface area contributed by atoms with Crippen LogP contribution in [0.25, 0.3) is 0 Å². The van der Waals surface area contributed by atoms with Gasteiger partial charge in [0.2, 0.25) is 0 Å². The van der Waals surface area contributed by atoms with E-state index in [1.807, 2.05) is 49.4 Å². The average Bonchev–Trinajstić information content (AvgIpc) is 2.58. The number of ether oxygens (including phenoxy) is 1. The predicted octanol–water partition coefficient (Wildman–Crippen LogP) is 4.00. The summed E-state index contributed by atoms with van der Waals surface area (Å²) in [5.41, 5.74) is 3.47. The van der Waals surface area contributed by atoms with Crippen molar-refractivity contribution in [3.05, 3.63) is 65.2 Å². The molecule has 2 aromatic carbocycles. The third-order valence-electron chi connectivity index (χ3n) is 3.89. The van der Waals surface area contributed by atoms with Gasteiger partial charge < -0.3 is 15.4 Å². The van der Waals surface area contributed by atoms with Crippen LogP contribution < -0.4 is 15.4 Å². The lowest BCUT2D eigenvalue weighted by Crippen LogP contribution is -2.37. The Labute approximate surface area is 144 Å². The van der Waals surface area contributed by atoms with Crippen LogP contribution in [0.2, 0.25) is 0 Å². The number of para-hydroxylation sites is 1. The second-order valence-corrected chi connectivity index (χ2v) is 6.08. The predicted molar refractivity (Wildman–Crippen MR) is 97.4 cm³/mol. The summed E-state index contributed by atoms with van der Waals surface area (Å²) in [6.07, 6.45) is 0. The van der Waals surface area contributed by atoms with E-state index in [0.29, 0.717) is 25.6 Å². The summed E-state index contributed by atoms with van der Waals surface area (Å²) in [6.45, 7) is 7.75. The molecule has 128 valence electrons. The zero-order chi connectivity index (χ0) is 17.4. The van der Waals surface area contributed by atoms with Gasteiger partial charge >= 0.3 is 6.03 Å². The summed E-state index contributed by atoms with van der Waals surface area (Å²) in [5.74, 6) is 1.29. The third-order valence-corrected chi connectivity index (χ3v) is 3.89. The number of carbonyl (C=O) groups excluding carboxylic acids is 1. The lowest BCUT2D eigenvalue weighted by Gasteiger charge is -2.14. The van der Waals surface area contributed by atoms with Crippen LogP contribution in [0, 0.1) is 6.92 Å². The molecule has 0 aromatic heterocycles. The van der Waals surface area contributed by atoms with Gasteiger partial charge in [0, 0.05) is 6.54 Å². The van der Waals surface area contributed by atoms with E-state index in [9.17, 15) is 4.79 Å². The number of rotatable bonds is 7. The van der Waals surface area contributed by atoms with E-state index in [4.69, 9.17) is 4.74 Å². The van der Waals surface area contributed by atoms with Crippen LogP contribution >= 0.6 is 0 Å². The number of hydrogen-bond donors (Lipinski definition) is 2. The van der Waals surface area contributed by atoms with Crippen molar-refractivity contribution in [2.45, 2.75) is 33.2 Å². The first-order chi connectivity index (χ1) is 11.6. The molecule has 2 aromatic rings. The standard InChI is InChI=1S/C20H26N2O2/c1-15(2)18-10-6-7-11-19(18)24-13-12-21-20(23)22-14-17-9-5-4-8-16(17)3/h4-11,15H,12-14H2,1-3H3,(H2,21,22,23). The van der Waals surface area contributed by atoms with Crippen molar-refractivity contribution in [3.63, 3.8) is 0 Å². The molecule has 0 aliphatic rings. The fraction of sp³-hybridized carbons (Fsp3) is 0.350. The number of aryl methyl sites for hydroxylation is 1. The minimum absolute atomic E-state index is 0.181. The highest BCUT2D eigenvalue weighted by Gasteiger charge is 2.07. The maximum absolute atomic E-state index is 11.8. The zero-order valence-corrected chi connectivity index (χ0v) is 14.6. The third kappa shape index (κ3) is 5.30. The van der Waals surface area contributed by atoms with Crippen LogP contribution in [0.4, 0.5) is 4.79 Å². The molecular weight excluding hydrogens is 300 g/mol. The smallest absolute Gasteiger partial charge is 0.315 e. The summed E-state index contributed by atoms with van der Waals surface area (Å²) >= 11 is 0. The number of nitrogens with one attached hydrogen (secondary N) is 2. The monoisotopic (exact) mass is 326 g/mol. The first kappa shape index (κ1) is 17.9. The van der Waals surface area contributed by atoms with E-state index in [-0.39, 0.29) is 6.03 Å². The van der Waals surface area contributed by atoms with Crippen LogP contribution in [0.1, 0.15) is 36.5 Å². The number of hydrogen-bond acceptors (Lipinski definition) is 2. The molecule has 2 amide bonds. The summed E-state index contributed by atoms with van der Waals surface area (Å²) < 4.78 is 5.79. The van der Waals surface area contributed by atoms with Crippen molar-refractivity contribution in [3.8, 4) is 5.75 Å². The largest absolute Gasteiger partial charge is 0.491 e. The second kappa shape index (κ2) is 8.96. The van der Waals surface area contributed by atoms with Gasteiger partial charge in [0.15, 0.2) is 0 Å². The van der Waals surface area contributed by atoms with Gasteiger partial charge in [-0.3, -0.25) is 0 Å². The summed E-state index contributed by atoms with van der Waals surface area (Å²) in [6, 6.07) is 15.8. The van der Waals surface area contributed by atoms with Crippen LogP contribution in [-0.2, 0) is 6.54 Å². The van der Waals surface area contributed by atoms with Crippen molar-refractivity contribution < 1.29 is 9.53 Å². The van der Waals surface area contributed by atoms with Crippen molar-refractivity contribution in [1.82, 2.24) is 10.6 Å². The Hall–Kier alpha value is -2.49. The number of urea groups is 1. The van der Waals surface area contributed by atoms with E-state index >= 15 is 0 Å². The highest BCUT2D eigenvalue weighted by atomic mass is 16.5. The van der Waals surface area contributed by atoms with Crippen LogP contribution in [-0.4, -0.2) is 19.2 Å². The number of carbonyl (C=O) groups is 1. The molecule has 0 bridgehead atoms. The van der Waals surface area contributed by atoms with E-state index in [1.165, 1.54) is 11.1 Å². The Balaban J connectivity index is 1.71. The summed E-state index contributed by atoms with van der Waals surface area (Å²) in [7, 11) is 0. The normalized spacial score (nSPS) is 10.5. The Bertz CT molecular complexity index is 668. The molecule has 4 nitrogen and oxygen atoms in total. The maximum atomic E-state index is 11.8. The van der Waals surface area contributed by atoms with Crippen LogP contribution in [0.5, 0.6) is 5.75 Å². The molecule has 0 spiro atoms. The second-order valence-electron chi connectivity index (χ2n) is 6.08. The molecule has 24 heavy (non-hydrogen) atoms. The van der Waals surface area contributed by atoms with Gasteiger partial charge in [-0.15, -0.1) is 0 Å². The van der Waals surface area contributed by atoms with Crippen LogP contribution in [0.3, 0.4) is 0 Å². The lowest BCUT2D eigenvalue weighted by molar-refractivity contribution is 0.236. The molecule has 0 radical (unpaired) electrons. The average molecular weight is 326 g/mol. The molecule has 2 N–H and O–H groups in total. The molecule has 0 fully saturated rings. The Morgan fingerprint density at radius 1 is 1.04 bits per heavy atom. The van der Waals surface area contributed by atoms with E-state index in [2.05, 4.69) is 30.5 Å². The lowest BCUT2D eigenvalue weighted by atomic mass is 10.0. The Morgan fingerprint density at radius 3 is 2.50 bits per heavy atom. The number of amides is 2. The van der Waals surface area contributed by atoms with Gasteiger partial charge in [-0.1, -0.05) is 56.3 Å². The van der Waals surface area contributed by atoms with Crippen molar-refractivity contribution >= 4 is 6.03 Å². The molecule has 4 heteroatoms. The molecule has 0 atom stereocenters. The Morgan fingerprint density at radius 2 is 1.75 bits per heavy atom. The molecule has 0 saturated heterocycles. The fourth-order valence-corrected chi connectivity index (χ4v) is 2.46. The first-order valence-electron chi connectivity index (χ1n) is 8.36. The minimum atomic E-state index is -0.181. The first-order valence-corrected chi connectivity index (χ1v) is 8.36. The summed E-state index contributed by atoms with van der Waals surface area (Å²) in [5, 5.41) is 5.68. The van der Waals surface area contributed by atoms with Gasteiger partial charge in [-0.05, 0) is 35.6 Å². The van der Waals surface area contributed by atoms with Gasteiger partial charge in [0.25, 0.3) is 0 Å². The van der Waals surface area contributed by atoms with Gasteiger partial charge in [0.1, 0.15) is 12.4 Å². The molecule has 2 rings (SSSR count). The minimum Gasteiger partial charge on any atom is -0.491 e. The maximum Gasteiger partial charge on any atom is 0.315 e. The Kier molecular flexibility index (Phi) is 6.67. The van der Waals surface area contributed by atoms with E-state index < -0.39 is 0 Å². The van der Waals surface area contributed by atoms with Crippen molar-refractivity contribution in [2.24, 2.45) is 0 Å². The van der Waals surface area contributed by atoms with E-state index in [1.54, 1.807) is 0 Å².